The number of hydrogen-bond donors (Lipinski definition) is 2. The molecule has 2 heterocycles. The van der Waals surface area contributed by atoms with Crippen LogP contribution in [0.25, 0.3) is 10.9 Å². The van der Waals surface area contributed by atoms with Crippen molar-refractivity contribution < 1.29 is 24.1 Å². The van der Waals surface area contributed by atoms with E-state index in [-0.39, 0.29) is 24.5 Å². The van der Waals surface area contributed by atoms with E-state index in [0.29, 0.717) is 28.1 Å². The average molecular weight is 381 g/mol. The lowest BCUT2D eigenvalue weighted by atomic mass is 9.87. The fourth-order valence-corrected chi connectivity index (χ4v) is 3.47. The first kappa shape index (κ1) is 17.9. The normalized spacial score (nSPS) is 13.5. The molecule has 3 aromatic rings. The van der Waals surface area contributed by atoms with Gasteiger partial charge in [0.1, 0.15) is 5.75 Å². The third-order valence-corrected chi connectivity index (χ3v) is 4.90. The lowest BCUT2D eigenvalue weighted by Gasteiger charge is -2.18. The molecule has 0 saturated carbocycles. The molecule has 0 radical (unpaired) electrons. The molecule has 1 aliphatic heterocycles. The third kappa shape index (κ3) is 3.15. The number of phenolic OH excluding ortho intramolecular Hbond substituents is 1. The summed E-state index contributed by atoms with van der Waals surface area (Å²) in [7, 11) is 1.28. The van der Waals surface area contributed by atoms with Crippen molar-refractivity contribution in [2.75, 3.05) is 13.9 Å². The van der Waals surface area contributed by atoms with E-state index < -0.39 is 11.9 Å². The summed E-state index contributed by atoms with van der Waals surface area (Å²) >= 11 is 0. The summed E-state index contributed by atoms with van der Waals surface area (Å²) in [4.78, 5) is 27.7. The summed E-state index contributed by atoms with van der Waals surface area (Å²) in [5.74, 6) is -0.417. The molecule has 0 amide bonds. The molecule has 1 aliphatic rings. The van der Waals surface area contributed by atoms with Gasteiger partial charge in [-0.1, -0.05) is 11.6 Å². The number of esters is 1. The summed E-state index contributed by atoms with van der Waals surface area (Å²) in [6, 6.07) is 10.5. The molecule has 0 aliphatic carbocycles. The number of benzene rings is 2. The van der Waals surface area contributed by atoms with Crippen LogP contribution in [0.5, 0.6) is 17.2 Å². The van der Waals surface area contributed by atoms with Crippen molar-refractivity contribution in [1.29, 1.82) is 0 Å². The van der Waals surface area contributed by atoms with Crippen LogP contribution < -0.4 is 15.0 Å². The largest absolute Gasteiger partial charge is 0.508 e. The highest BCUT2D eigenvalue weighted by atomic mass is 16.7. The maximum absolute atomic E-state index is 12.8. The Balaban J connectivity index is 1.90. The summed E-state index contributed by atoms with van der Waals surface area (Å²) in [6.45, 7) is 2.01. The highest BCUT2D eigenvalue weighted by Crippen LogP contribution is 2.42. The van der Waals surface area contributed by atoms with Crippen molar-refractivity contribution in [1.82, 2.24) is 4.98 Å². The number of methoxy groups -OCH3 is 1. The minimum absolute atomic E-state index is 0.0513. The standard InChI is InChI=1S/C21H19NO6/c1-11-3-4-16-12(5-11)6-15(21(25)22-16)13(8-20(24)26-2)14-7-18-19(9-17(14)23)28-10-27-18/h3-7,9,13,23H,8,10H2,1-2H3,(H,22,25)/t13-/m0/s1. The van der Waals surface area contributed by atoms with Crippen LogP contribution in [-0.2, 0) is 9.53 Å². The fourth-order valence-electron chi connectivity index (χ4n) is 3.47. The van der Waals surface area contributed by atoms with Crippen LogP contribution in [0, 0.1) is 6.92 Å². The molecule has 28 heavy (non-hydrogen) atoms. The lowest BCUT2D eigenvalue weighted by molar-refractivity contribution is -0.140. The van der Waals surface area contributed by atoms with Crippen LogP contribution in [-0.4, -0.2) is 30.0 Å². The van der Waals surface area contributed by atoms with Crippen LogP contribution in [0.2, 0.25) is 0 Å². The molecule has 0 saturated heterocycles. The van der Waals surface area contributed by atoms with E-state index in [4.69, 9.17) is 14.2 Å². The van der Waals surface area contributed by atoms with Crippen LogP contribution in [0.1, 0.15) is 29.0 Å². The molecule has 144 valence electrons. The number of nitrogens with one attached hydrogen (secondary N) is 1. The molecular formula is C21H19NO6. The molecule has 0 fully saturated rings. The minimum atomic E-state index is -0.712. The molecule has 2 N–H and O–H groups in total. The van der Waals surface area contributed by atoms with Gasteiger partial charge in [-0.25, -0.2) is 0 Å². The molecule has 0 unspecified atom stereocenters. The Kier molecular flexibility index (Phi) is 4.43. The van der Waals surface area contributed by atoms with E-state index in [1.807, 2.05) is 25.1 Å². The number of H-pyrrole nitrogens is 1. The number of fused-ring (bicyclic) bond motifs is 2. The zero-order valence-corrected chi connectivity index (χ0v) is 15.4. The number of rotatable bonds is 4. The first-order chi connectivity index (χ1) is 13.5. The first-order valence-corrected chi connectivity index (χ1v) is 8.79. The molecule has 7 heteroatoms. The second-order valence-corrected chi connectivity index (χ2v) is 6.74. The van der Waals surface area contributed by atoms with Gasteiger partial charge in [0.05, 0.1) is 13.5 Å². The molecule has 2 aromatic carbocycles. The topological polar surface area (TPSA) is 97.8 Å². The number of carbonyl (C=O) groups is 1. The maximum Gasteiger partial charge on any atom is 0.306 e. The Morgan fingerprint density at radius 2 is 1.93 bits per heavy atom. The van der Waals surface area contributed by atoms with Crippen LogP contribution in [0.15, 0.2) is 41.2 Å². The van der Waals surface area contributed by atoms with Crippen LogP contribution >= 0.6 is 0 Å². The monoisotopic (exact) mass is 381 g/mol. The predicted octanol–water partition coefficient (Wildman–Crippen LogP) is 2.97. The fraction of sp³-hybridized carbons (Fsp3) is 0.238. The summed E-state index contributed by atoms with van der Waals surface area (Å²) in [6.07, 6.45) is -0.107. The van der Waals surface area contributed by atoms with E-state index in [1.165, 1.54) is 13.2 Å². The van der Waals surface area contributed by atoms with Crippen LogP contribution in [0.4, 0.5) is 0 Å². The number of hydrogen-bond acceptors (Lipinski definition) is 6. The van der Waals surface area contributed by atoms with E-state index >= 15 is 0 Å². The molecule has 1 aromatic heterocycles. The van der Waals surface area contributed by atoms with Crippen molar-refractivity contribution in [3.05, 3.63) is 63.4 Å². The summed E-state index contributed by atoms with van der Waals surface area (Å²) < 4.78 is 15.5. The Bertz CT molecular complexity index is 1130. The molecule has 4 rings (SSSR count). The van der Waals surface area contributed by atoms with Crippen molar-refractivity contribution in [3.63, 3.8) is 0 Å². The van der Waals surface area contributed by atoms with E-state index in [1.54, 1.807) is 12.1 Å². The van der Waals surface area contributed by atoms with Gasteiger partial charge in [-0.15, -0.1) is 0 Å². The van der Waals surface area contributed by atoms with E-state index in [9.17, 15) is 14.7 Å². The van der Waals surface area contributed by atoms with Gasteiger partial charge in [-0.05, 0) is 36.6 Å². The lowest BCUT2D eigenvalue weighted by Crippen LogP contribution is -2.20. The number of carbonyl (C=O) groups excluding carboxylic acids is 1. The number of aryl methyl sites for hydroxylation is 1. The van der Waals surface area contributed by atoms with Gasteiger partial charge < -0.3 is 24.3 Å². The summed E-state index contributed by atoms with van der Waals surface area (Å²) in [5.41, 5.74) is 2.17. The number of pyridine rings is 1. The van der Waals surface area contributed by atoms with Crippen molar-refractivity contribution in [2.45, 2.75) is 19.3 Å². The van der Waals surface area contributed by atoms with Gasteiger partial charge in [0, 0.05) is 28.6 Å². The zero-order chi connectivity index (χ0) is 19.8. The molecule has 7 nitrogen and oxygen atoms in total. The van der Waals surface area contributed by atoms with Crippen LogP contribution in [0.3, 0.4) is 0 Å². The summed E-state index contributed by atoms with van der Waals surface area (Å²) in [5, 5.41) is 11.4. The highest BCUT2D eigenvalue weighted by molar-refractivity contribution is 5.80. The Morgan fingerprint density at radius 3 is 2.68 bits per heavy atom. The second kappa shape index (κ2) is 6.92. The smallest absolute Gasteiger partial charge is 0.306 e. The Hall–Kier alpha value is -3.48. The molecule has 1 atom stereocenters. The molecule has 0 bridgehead atoms. The zero-order valence-electron chi connectivity index (χ0n) is 15.4. The second-order valence-electron chi connectivity index (χ2n) is 6.74. The van der Waals surface area contributed by atoms with Gasteiger partial charge in [0.2, 0.25) is 6.79 Å². The van der Waals surface area contributed by atoms with Gasteiger partial charge >= 0.3 is 5.97 Å². The highest BCUT2D eigenvalue weighted by Gasteiger charge is 2.27. The Labute approximate surface area is 160 Å². The number of aromatic hydroxyl groups is 1. The number of aromatic nitrogens is 1. The quantitative estimate of drug-likeness (QED) is 0.675. The van der Waals surface area contributed by atoms with Gasteiger partial charge in [-0.2, -0.15) is 0 Å². The first-order valence-electron chi connectivity index (χ1n) is 8.79. The Morgan fingerprint density at radius 1 is 1.18 bits per heavy atom. The van der Waals surface area contributed by atoms with Crippen molar-refractivity contribution >= 4 is 16.9 Å². The van der Waals surface area contributed by atoms with E-state index in [2.05, 4.69) is 4.98 Å². The molecular weight excluding hydrogens is 362 g/mol. The third-order valence-electron chi connectivity index (χ3n) is 4.90. The van der Waals surface area contributed by atoms with Gasteiger partial charge in [-0.3, -0.25) is 9.59 Å². The minimum Gasteiger partial charge on any atom is -0.508 e. The van der Waals surface area contributed by atoms with Gasteiger partial charge in [0.25, 0.3) is 5.56 Å². The number of ether oxygens (including phenoxy) is 3. The number of aromatic amines is 1. The van der Waals surface area contributed by atoms with Crippen molar-refractivity contribution in [3.8, 4) is 17.2 Å². The molecule has 0 spiro atoms. The van der Waals surface area contributed by atoms with Crippen molar-refractivity contribution in [2.24, 2.45) is 0 Å². The number of phenols is 1. The predicted molar refractivity (Wildman–Crippen MR) is 102 cm³/mol. The maximum atomic E-state index is 12.8. The SMILES string of the molecule is COC(=O)C[C@@H](c1cc2c(cc1O)OCO2)c1cc2cc(C)ccc2[nH]c1=O. The average Bonchev–Trinajstić information content (AvgIpc) is 3.12. The van der Waals surface area contributed by atoms with Gasteiger partial charge in [0.15, 0.2) is 11.5 Å². The van der Waals surface area contributed by atoms with E-state index in [0.717, 1.165) is 10.9 Å².